The lowest BCUT2D eigenvalue weighted by Gasteiger charge is -2.05. The Morgan fingerprint density at radius 2 is 2.00 bits per heavy atom. The van der Waals surface area contributed by atoms with E-state index in [-0.39, 0.29) is 5.56 Å². The van der Waals surface area contributed by atoms with Crippen molar-refractivity contribution in [2.75, 3.05) is 0 Å². The van der Waals surface area contributed by atoms with Crippen LogP contribution in [0.1, 0.15) is 16.8 Å². The Morgan fingerprint density at radius 1 is 1.19 bits per heavy atom. The molecule has 2 aromatic rings. The van der Waals surface area contributed by atoms with Gasteiger partial charge in [0.1, 0.15) is 11.6 Å². The maximum atomic E-state index is 13.7. The number of hydrogen-bond donors (Lipinski definition) is 0. The van der Waals surface area contributed by atoms with Gasteiger partial charge >= 0.3 is 0 Å². The molecule has 0 atom stereocenters. The highest BCUT2D eigenvalue weighted by molar-refractivity contribution is 5.29. The molecule has 0 amide bonds. The molecular weight excluding hydrogens is 210 g/mol. The molecule has 0 spiro atoms. The summed E-state index contributed by atoms with van der Waals surface area (Å²) in [5.41, 5.74) is 1.13. The fourth-order valence-corrected chi connectivity index (χ4v) is 1.48. The molecule has 1 aromatic carbocycles. The second-order valence-corrected chi connectivity index (χ2v) is 3.54. The van der Waals surface area contributed by atoms with Gasteiger partial charge in [0.15, 0.2) is 0 Å². The average Bonchev–Trinajstić information content (AvgIpc) is 2.31. The van der Waals surface area contributed by atoms with Crippen LogP contribution in [0, 0.1) is 18.6 Å². The maximum Gasteiger partial charge on any atom is 0.132 e. The van der Waals surface area contributed by atoms with Crippen molar-refractivity contribution in [2.45, 2.75) is 13.3 Å². The third-order valence-electron chi connectivity index (χ3n) is 2.40. The molecule has 1 heterocycles. The van der Waals surface area contributed by atoms with Crippen LogP contribution in [0.15, 0.2) is 30.5 Å². The molecule has 0 N–H and O–H groups in total. The largest absolute Gasteiger partial charge is 0.207 e. The zero-order valence-corrected chi connectivity index (χ0v) is 8.74. The van der Waals surface area contributed by atoms with E-state index in [0.717, 1.165) is 0 Å². The predicted molar refractivity (Wildman–Crippen MR) is 55.9 cm³/mol. The summed E-state index contributed by atoms with van der Waals surface area (Å²) in [6, 6.07) is 6.19. The third kappa shape index (κ3) is 2.05. The highest BCUT2D eigenvalue weighted by Gasteiger charge is 2.10. The lowest BCUT2D eigenvalue weighted by atomic mass is 10.1. The molecule has 0 radical (unpaired) electrons. The highest BCUT2D eigenvalue weighted by Crippen LogP contribution is 2.17. The smallest absolute Gasteiger partial charge is 0.132 e. The van der Waals surface area contributed by atoms with Crippen molar-refractivity contribution < 1.29 is 8.78 Å². The Balaban J connectivity index is 2.33. The quantitative estimate of drug-likeness (QED) is 0.777. The fourth-order valence-electron chi connectivity index (χ4n) is 1.48. The molecule has 4 heteroatoms. The Labute approximate surface area is 92.0 Å². The van der Waals surface area contributed by atoms with E-state index in [1.807, 2.05) is 0 Å². The van der Waals surface area contributed by atoms with Crippen LogP contribution in [0.2, 0.25) is 0 Å². The first-order valence-electron chi connectivity index (χ1n) is 4.88. The van der Waals surface area contributed by atoms with Crippen LogP contribution >= 0.6 is 0 Å². The van der Waals surface area contributed by atoms with Crippen molar-refractivity contribution in [2.24, 2.45) is 0 Å². The van der Waals surface area contributed by atoms with Gasteiger partial charge in [-0.25, -0.2) is 8.78 Å². The molecule has 1 aromatic heterocycles. The summed E-state index contributed by atoms with van der Waals surface area (Å²) in [6.07, 6.45) is 1.87. The van der Waals surface area contributed by atoms with Gasteiger partial charge in [0.2, 0.25) is 0 Å². The molecule has 0 fully saturated rings. The first-order chi connectivity index (χ1) is 7.68. The summed E-state index contributed by atoms with van der Waals surface area (Å²) in [7, 11) is 0. The lowest BCUT2D eigenvalue weighted by Crippen LogP contribution is -1.99. The molecule has 0 aliphatic carbocycles. The highest BCUT2D eigenvalue weighted by atomic mass is 19.1. The van der Waals surface area contributed by atoms with Crippen molar-refractivity contribution >= 4 is 0 Å². The van der Waals surface area contributed by atoms with Gasteiger partial charge in [0, 0.05) is 18.2 Å². The van der Waals surface area contributed by atoms with Crippen LogP contribution in [0.25, 0.3) is 0 Å². The zero-order chi connectivity index (χ0) is 11.5. The number of benzene rings is 1. The van der Waals surface area contributed by atoms with E-state index in [0.29, 0.717) is 17.7 Å². The molecule has 16 heavy (non-hydrogen) atoms. The van der Waals surface area contributed by atoms with Gasteiger partial charge in [-0.2, -0.15) is 10.2 Å². The van der Waals surface area contributed by atoms with Gasteiger partial charge in [-0.3, -0.25) is 0 Å². The van der Waals surface area contributed by atoms with Crippen molar-refractivity contribution in [3.05, 3.63) is 58.9 Å². The predicted octanol–water partition coefficient (Wildman–Crippen LogP) is 2.65. The van der Waals surface area contributed by atoms with Crippen LogP contribution in [-0.4, -0.2) is 10.2 Å². The molecular formula is C12H10F2N2. The van der Waals surface area contributed by atoms with Gasteiger partial charge < -0.3 is 0 Å². The van der Waals surface area contributed by atoms with E-state index < -0.39 is 11.6 Å². The van der Waals surface area contributed by atoms with Crippen molar-refractivity contribution in [1.29, 1.82) is 0 Å². The van der Waals surface area contributed by atoms with E-state index in [9.17, 15) is 8.78 Å². The van der Waals surface area contributed by atoms with Gasteiger partial charge in [-0.15, -0.1) is 0 Å². The number of hydrogen-bond acceptors (Lipinski definition) is 2. The standard InChI is InChI=1S/C12H10F2N2/c1-8-11(13)5-4-9(12(8)14)7-10-3-2-6-15-16-10/h2-6H,7H2,1H3. The minimum absolute atomic E-state index is 0.0430. The summed E-state index contributed by atoms with van der Waals surface area (Å²) in [5.74, 6) is -1.04. The van der Waals surface area contributed by atoms with Crippen LogP contribution < -0.4 is 0 Å². The fraction of sp³-hybridized carbons (Fsp3) is 0.167. The Hall–Kier alpha value is -1.84. The summed E-state index contributed by atoms with van der Waals surface area (Å²) >= 11 is 0. The Morgan fingerprint density at radius 3 is 2.69 bits per heavy atom. The average molecular weight is 220 g/mol. The van der Waals surface area contributed by atoms with E-state index in [2.05, 4.69) is 10.2 Å². The zero-order valence-electron chi connectivity index (χ0n) is 8.74. The molecule has 0 unspecified atom stereocenters. The second-order valence-electron chi connectivity index (χ2n) is 3.54. The van der Waals surface area contributed by atoms with E-state index >= 15 is 0 Å². The van der Waals surface area contributed by atoms with Crippen molar-refractivity contribution in [3.8, 4) is 0 Å². The van der Waals surface area contributed by atoms with E-state index in [1.54, 1.807) is 18.3 Å². The number of nitrogens with zero attached hydrogens (tertiary/aromatic N) is 2. The van der Waals surface area contributed by atoms with E-state index in [4.69, 9.17) is 0 Å². The van der Waals surface area contributed by atoms with Gasteiger partial charge in [-0.05, 0) is 30.7 Å². The molecule has 0 bridgehead atoms. The molecule has 0 aliphatic heterocycles. The molecule has 82 valence electrons. The third-order valence-corrected chi connectivity index (χ3v) is 2.40. The SMILES string of the molecule is Cc1c(F)ccc(Cc2cccnn2)c1F. The summed E-state index contributed by atoms with van der Waals surface area (Å²) in [6.45, 7) is 1.42. The Kier molecular flexibility index (Phi) is 2.90. The normalized spacial score (nSPS) is 10.4. The van der Waals surface area contributed by atoms with Crippen LogP contribution in [-0.2, 0) is 6.42 Å². The molecule has 2 nitrogen and oxygen atoms in total. The summed E-state index contributed by atoms with van der Waals surface area (Å²) < 4.78 is 26.7. The van der Waals surface area contributed by atoms with Crippen molar-refractivity contribution in [1.82, 2.24) is 10.2 Å². The van der Waals surface area contributed by atoms with Gasteiger partial charge in [-0.1, -0.05) is 6.07 Å². The van der Waals surface area contributed by atoms with Crippen LogP contribution in [0.5, 0.6) is 0 Å². The minimum Gasteiger partial charge on any atom is -0.207 e. The first kappa shape index (κ1) is 10.7. The number of rotatable bonds is 2. The molecule has 0 aliphatic rings. The van der Waals surface area contributed by atoms with Crippen molar-refractivity contribution in [3.63, 3.8) is 0 Å². The second kappa shape index (κ2) is 4.35. The summed E-state index contributed by atoms with van der Waals surface area (Å²) in [4.78, 5) is 0. The number of halogens is 2. The Bertz CT molecular complexity index is 498. The van der Waals surface area contributed by atoms with Gasteiger partial charge in [0.05, 0.1) is 5.69 Å². The minimum atomic E-state index is -0.527. The van der Waals surface area contributed by atoms with Crippen LogP contribution in [0.3, 0.4) is 0 Å². The summed E-state index contributed by atoms with van der Waals surface area (Å²) in [5, 5.41) is 7.56. The van der Waals surface area contributed by atoms with Gasteiger partial charge in [0.25, 0.3) is 0 Å². The first-order valence-corrected chi connectivity index (χ1v) is 4.88. The topological polar surface area (TPSA) is 25.8 Å². The monoisotopic (exact) mass is 220 g/mol. The van der Waals surface area contributed by atoms with E-state index in [1.165, 1.54) is 19.1 Å². The molecule has 2 rings (SSSR count). The number of aromatic nitrogens is 2. The molecule has 0 saturated carbocycles. The maximum absolute atomic E-state index is 13.7. The van der Waals surface area contributed by atoms with Crippen LogP contribution in [0.4, 0.5) is 8.78 Å². The lowest BCUT2D eigenvalue weighted by molar-refractivity contribution is 0.559. The molecule has 0 saturated heterocycles.